The number of hydrogen-bond acceptors (Lipinski definition) is 2. The molecule has 1 rings (SSSR count). The molecule has 0 aliphatic heterocycles. The van der Waals surface area contributed by atoms with Gasteiger partial charge in [-0.25, -0.2) is 0 Å². The van der Waals surface area contributed by atoms with Gasteiger partial charge in [-0.05, 0) is 25.0 Å². The van der Waals surface area contributed by atoms with Crippen LogP contribution in [-0.4, -0.2) is 36.5 Å². The Hall–Kier alpha value is -1.84. The molecular weight excluding hydrogens is 224 g/mol. The fourth-order valence-corrected chi connectivity index (χ4v) is 1.64. The van der Waals surface area contributed by atoms with E-state index in [4.69, 9.17) is 0 Å². The van der Waals surface area contributed by atoms with Gasteiger partial charge in [-0.15, -0.1) is 6.58 Å². The quantitative estimate of drug-likeness (QED) is 0.361. The van der Waals surface area contributed by atoms with Crippen LogP contribution in [0.5, 0.6) is 0 Å². The van der Waals surface area contributed by atoms with Gasteiger partial charge in [0.15, 0.2) is 5.96 Å². The second kappa shape index (κ2) is 8.28. The number of aliphatic imine (C=N–C) groups is 1. The molecule has 1 aromatic rings. The van der Waals surface area contributed by atoms with Crippen LogP contribution in [0.2, 0.25) is 0 Å². The van der Waals surface area contributed by atoms with Gasteiger partial charge < -0.3 is 10.2 Å². The SMILES string of the molecule is C=CCCCN(C)C(=NC)NCc1ccccn1. The third-order valence-corrected chi connectivity index (χ3v) is 2.63. The van der Waals surface area contributed by atoms with Crippen LogP contribution in [-0.2, 0) is 6.54 Å². The number of nitrogens with one attached hydrogen (secondary N) is 1. The summed E-state index contributed by atoms with van der Waals surface area (Å²) in [4.78, 5) is 10.6. The maximum absolute atomic E-state index is 4.27. The van der Waals surface area contributed by atoms with Crippen molar-refractivity contribution in [2.24, 2.45) is 4.99 Å². The highest BCUT2D eigenvalue weighted by atomic mass is 15.3. The first kappa shape index (κ1) is 14.2. The molecule has 0 spiro atoms. The van der Waals surface area contributed by atoms with E-state index in [9.17, 15) is 0 Å². The Kier molecular flexibility index (Phi) is 6.54. The Labute approximate surface area is 109 Å². The molecule has 1 heterocycles. The molecule has 4 nitrogen and oxygen atoms in total. The van der Waals surface area contributed by atoms with Crippen LogP contribution in [0.1, 0.15) is 18.5 Å². The van der Waals surface area contributed by atoms with Crippen molar-refractivity contribution in [3.05, 3.63) is 42.7 Å². The van der Waals surface area contributed by atoms with Crippen molar-refractivity contribution in [1.29, 1.82) is 0 Å². The van der Waals surface area contributed by atoms with Gasteiger partial charge in [0.2, 0.25) is 0 Å². The van der Waals surface area contributed by atoms with Gasteiger partial charge in [0.25, 0.3) is 0 Å². The lowest BCUT2D eigenvalue weighted by atomic mass is 10.3. The number of rotatable bonds is 6. The Morgan fingerprint density at radius 1 is 1.56 bits per heavy atom. The van der Waals surface area contributed by atoms with Crippen molar-refractivity contribution in [3.8, 4) is 0 Å². The average molecular weight is 246 g/mol. The molecular formula is C14H22N4. The van der Waals surface area contributed by atoms with Crippen LogP contribution in [0.25, 0.3) is 0 Å². The topological polar surface area (TPSA) is 40.5 Å². The number of guanidine groups is 1. The summed E-state index contributed by atoms with van der Waals surface area (Å²) in [6.07, 6.45) is 5.86. The first-order chi connectivity index (χ1) is 8.77. The summed E-state index contributed by atoms with van der Waals surface area (Å²) >= 11 is 0. The monoisotopic (exact) mass is 246 g/mol. The molecule has 0 unspecified atom stereocenters. The normalized spacial score (nSPS) is 11.1. The van der Waals surface area contributed by atoms with Gasteiger partial charge in [0, 0.05) is 26.8 Å². The zero-order valence-electron chi connectivity index (χ0n) is 11.3. The number of allylic oxidation sites excluding steroid dienone is 1. The first-order valence-electron chi connectivity index (χ1n) is 6.20. The molecule has 0 radical (unpaired) electrons. The number of hydrogen-bond donors (Lipinski definition) is 1. The number of pyridine rings is 1. The second-order valence-corrected chi connectivity index (χ2v) is 4.07. The summed E-state index contributed by atoms with van der Waals surface area (Å²) in [5.41, 5.74) is 1.01. The average Bonchev–Trinajstić information content (AvgIpc) is 2.41. The number of aromatic nitrogens is 1. The summed E-state index contributed by atoms with van der Waals surface area (Å²) < 4.78 is 0. The first-order valence-corrected chi connectivity index (χ1v) is 6.20. The summed E-state index contributed by atoms with van der Waals surface area (Å²) in [6.45, 7) is 5.39. The summed E-state index contributed by atoms with van der Waals surface area (Å²) in [5, 5.41) is 3.30. The van der Waals surface area contributed by atoms with E-state index in [-0.39, 0.29) is 0 Å². The summed E-state index contributed by atoms with van der Waals surface area (Å²) in [5.74, 6) is 0.893. The molecule has 1 aromatic heterocycles. The molecule has 18 heavy (non-hydrogen) atoms. The van der Waals surface area contributed by atoms with Gasteiger partial charge in [-0.1, -0.05) is 12.1 Å². The van der Waals surface area contributed by atoms with E-state index in [1.807, 2.05) is 31.3 Å². The molecule has 4 heteroatoms. The van der Waals surface area contributed by atoms with E-state index in [1.165, 1.54) is 0 Å². The lowest BCUT2D eigenvalue weighted by Gasteiger charge is -2.21. The second-order valence-electron chi connectivity index (χ2n) is 4.07. The standard InChI is InChI=1S/C14H22N4/c1-4-5-8-11-18(3)14(15-2)17-12-13-9-6-7-10-16-13/h4,6-7,9-10H,1,5,8,11-12H2,2-3H3,(H,15,17). The zero-order valence-corrected chi connectivity index (χ0v) is 11.3. The molecule has 0 aliphatic carbocycles. The Bertz CT molecular complexity index is 373. The number of nitrogens with zero attached hydrogens (tertiary/aromatic N) is 3. The molecule has 0 amide bonds. The lowest BCUT2D eigenvalue weighted by Crippen LogP contribution is -2.39. The van der Waals surface area contributed by atoms with Crippen LogP contribution in [0.3, 0.4) is 0 Å². The van der Waals surface area contributed by atoms with Crippen LogP contribution in [0.15, 0.2) is 42.0 Å². The van der Waals surface area contributed by atoms with Crippen molar-refractivity contribution >= 4 is 5.96 Å². The minimum absolute atomic E-state index is 0.694. The molecule has 0 saturated carbocycles. The van der Waals surface area contributed by atoms with Gasteiger partial charge in [-0.3, -0.25) is 9.98 Å². The third-order valence-electron chi connectivity index (χ3n) is 2.63. The highest BCUT2D eigenvalue weighted by Crippen LogP contribution is 1.96. The van der Waals surface area contributed by atoms with E-state index in [0.717, 1.165) is 31.0 Å². The smallest absolute Gasteiger partial charge is 0.193 e. The molecule has 0 fully saturated rings. The minimum atomic E-state index is 0.694. The molecule has 98 valence electrons. The fraction of sp³-hybridized carbons (Fsp3) is 0.429. The minimum Gasteiger partial charge on any atom is -0.351 e. The highest BCUT2D eigenvalue weighted by molar-refractivity contribution is 5.79. The largest absolute Gasteiger partial charge is 0.351 e. The van der Waals surface area contributed by atoms with Crippen LogP contribution in [0, 0.1) is 0 Å². The van der Waals surface area contributed by atoms with Crippen molar-refractivity contribution in [2.45, 2.75) is 19.4 Å². The number of unbranched alkanes of at least 4 members (excludes halogenated alkanes) is 1. The zero-order chi connectivity index (χ0) is 13.2. The molecule has 0 aliphatic rings. The van der Waals surface area contributed by atoms with Gasteiger partial charge in [0.05, 0.1) is 12.2 Å². The Morgan fingerprint density at radius 2 is 2.39 bits per heavy atom. The Balaban J connectivity index is 2.40. The van der Waals surface area contributed by atoms with Gasteiger partial charge in [-0.2, -0.15) is 0 Å². The van der Waals surface area contributed by atoms with E-state index in [1.54, 1.807) is 13.2 Å². The van der Waals surface area contributed by atoms with Crippen LogP contribution in [0.4, 0.5) is 0 Å². The van der Waals surface area contributed by atoms with Crippen molar-refractivity contribution in [2.75, 3.05) is 20.6 Å². The van der Waals surface area contributed by atoms with Gasteiger partial charge >= 0.3 is 0 Å². The lowest BCUT2D eigenvalue weighted by molar-refractivity contribution is 0.469. The van der Waals surface area contributed by atoms with Crippen molar-refractivity contribution < 1.29 is 0 Å². The molecule has 0 atom stereocenters. The van der Waals surface area contributed by atoms with Crippen molar-refractivity contribution in [1.82, 2.24) is 15.2 Å². The predicted molar refractivity (Wildman–Crippen MR) is 76.5 cm³/mol. The molecule has 0 bridgehead atoms. The van der Waals surface area contributed by atoms with Crippen LogP contribution >= 0.6 is 0 Å². The maximum Gasteiger partial charge on any atom is 0.193 e. The van der Waals surface area contributed by atoms with E-state index in [2.05, 4.69) is 26.8 Å². The highest BCUT2D eigenvalue weighted by Gasteiger charge is 2.04. The predicted octanol–water partition coefficient (Wildman–Crippen LogP) is 2.05. The maximum atomic E-state index is 4.27. The van der Waals surface area contributed by atoms with E-state index in [0.29, 0.717) is 6.54 Å². The molecule has 0 saturated heterocycles. The van der Waals surface area contributed by atoms with E-state index < -0.39 is 0 Å². The van der Waals surface area contributed by atoms with Gasteiger partial charge in [0.1, 0.15) is 0 Å². The fourth-order valence-electron chi connectivity index (χ4n) is 1.64. The molecule has 1 N–H and O–H groups in total. The summed E-state index contributed by atoms with van der Waals surface area (Å²) in [6, 6.07) is 5.90. The summed E-state index contributed by atoms with van der Waals surface area (Å²) in [7, 11) is 3.83. The van der Waals surface area contributed by atoms with Crippen LogP contribution < -0.4 is 5.32 Å². The third kappa shape index (κ3) is 4.99. The molecule has 0 aromatic carbocycles. The van der Waals surface area contributed by atoms with E-state index >= 15 is 0 Å². The Morgan fingerprint density at radius 3 is 3.00 bits per heavy atom. The van der Waals surface area contributed by atoms with Crippen molar-refractivity contribution in [3.63, 3.8) is 0 Å².